The van der Waals surface area contributed by atoms with Gasteiger partial charge in [0.1, 0.15) is 5.75 Å². The van der Waals surface area contributed by atoms with Crippen LogP contribution in [-0.2, 0) is 11.2 Å². The minimum atomic E-state index is -1.32. The van der Waals surface area contributed by atoms with Crippen molar-refractivity contribution in [3.63, 3.8) is 0 Å². The second kappa shape index (κ2) is 5.98. The van der Waals surface area contributed by atoms with Gasteiger partial charge in [-0.2, -0.15) is 0 Å². The highest BCUT2D eigenvalue weighted by Crippen LogP contribution is 2.30. The number of rotatable bonds is 3. The first-order chi connectivity index (χ1) is 9.52. The summed E-state index contributed by atoms with van der Waals surface area (Å²) in [6, 6.07) is 4.66. The van der Waals surface area contributed by atoms with Crippen molar-refractivity contribution < 1.29 is 24.4 Å². The number of fused-ring (bicyclic) bond motifs is 1. The van der Waals surface area contributed by atoms with Crippen LogP contribution in [0.4, 0.5) is 0 Å². The number of amides is 1. The normalized spacial score (nSPS) is 17.5. The number of para-hydroxylation sites is 1. The minimum Gasteiger partial charge on any atom is -0.534 e. The Kier molecular flexibility index (Phi) is 4.31. The summed E-state index contributed by atoms with van der Waals surface area (Å²) in [5, 5.41) is 21.4. The molecule has 1 aromatic carbocycles. The van der Waals surface area contributed by atoms with Crippen LogP contribution in [0, 0.1) is 0 Å². The molecule has 1 amide bonds. The molecular weight excluding hydrogens is 284 g/mol. The van der Waals surface area contributed by atoms with Gasteiger partial charge in [0.05, 0.1) is 11.5 Å². The van der Waals surface area contributed by atoms with Crippen LogP contribution in [0.25, 0.3) is 0 Å². The average Bonchev–Trinajstić information content (AvgIpc) is 2.39. The van der Waals surface area contributed by atoms with E-state index in [4.69, 9.17) is 21.4 Å². The molecule has 0 aromatic heterocycles. The van der Waals surface area contributed by atoms with Gasteiger partial charge in [0.15, 0.2) is 0 Å². The molecule has 20 heavy (non-hydrogen) atoms. The third-order valence-corrected chi connectivity index (χ3v) is 3.02. The van der Waals surface area contributed by atoms with E-state index >= 15 is 0 Å². The fourth-order valence-electron chi connectivity index (χ4n) is 2.00. The number of benzene rings is 1. The summed E-state index contributed by atoms with van der Waals surface area (Å²) < 4.78 is 5.22. The Morgan fingerprint density at radius 1 is 1.50 bits per heavy atom. The molecule has 1 atom stereocenters. The number of nitrogens with one attached hydrogen (secondary N) is 1. The molecule has 0 radical (unpaired) electrons. The molecule has 1 aliphatic heterocycles. The maximum Gasteiger partial charge on any atom is 0.547 e. The van der Waals surface area contributed by atoms with E-state index in [-0.39, 0.29) is 17.7 Å². The third kappa shape index (κ3) is 2.94. The lowest BCUT2D eigenvalue weighted by atomic mass is 9.72. The molecule has 3 N–H and O–H groups in total. The summed E-state index contributed by atoms with van der Waals surface area (Å²) in [4.78, 5) is 22.5. The van der Waals surface area contributed by atoms with Gasteiger partial charge in [0.25, 0.3) is 0 Å². The number of carboxylic acids is 1. The molecule has 0 unspecified atom stereocenters. The summed E-state index contributed by atoms with van der Waals surface area (Å²) in [5.74, 6) is -2.15. The Balaban J connectivity index is 2.24. The molecule has 0 bridgehead atoms. The van der Waals surface area contributed by atoms with Crippen LogP contribution in [0.5, 0.6) is 5.75 Å². The Hall–Kier alpha value is -1.99. The summed E-state index contributed by atoms with van der Waals surface area (Å²) in [5.41, 5.74) is 1.64. The largest absolute Gasteiger partial charge is 0.547 e. The summed E-state index contributed by atoms with van der Waals surface area (Å²) in [7, 11) is -1.32. The van der Waals surface area contributed by atoms with E-state index in [0.717, 1.165) is 11.6 Å². The van der Waals surface area contributed by atoms with Gasteiger partial charge < -0.3 is 20.1 Å². The molecule has 104 valence electrons. The van der Waals surface area contributed by atoms with Crippen LogP contribution in [-0.4, -0.2) is 35.1 Å². The maximum atomic E-state index is 11.4. The summed E-state index contributed by atoms with van der Waals surface area (Å²) in [6.07, 6.45) is 1.37. The smallest absolute Gasteiger partial charge is 0.534 e. The number of carbonyl (C=O) groups excluding carboxylic acids is 1. The van der Waals surface area contributed by atoms with Crippen LogP contribution in [0.2, 0.25) is 0 Å². The molecule has 2 rings (SSSR count). The first-order valence-electron chi connectivity index (χ1n) is 5.80. The van der Waals surface area contributed by atoms with Gasteiger partial charge in [0.2, 0.25) is 5.91 Å². The molecular formula is C12H11BClNO5. The van der Waals surface area contributed by atoms with E-state index in [1.54, 1.807) is 12.1 Å². The van der Waals surface area contributed by atoms with Gasteiger partial charge >= 0.3 is 13.1 Å². The van der Waals surface area contributed by atoms with Crippen molar-refractivity contribution in [2.24, 2.45) is 0 Å². The number of hydrogen-bond donors (Lipinski definition) is 3. The monoisotopic (exact) mass is 295 g/mol. The molecule has 0 aliphatic carbocycles. The van der Waals surface area contributed by atoms with Gasteiger partial charge in [-0.3, -0.25) is 4.79 Å². The molecule has 0 fully saturated rings. The second-order valence-electron chi connectivity index (χ2n) is 4.22. The van der Waals surface area contributed by atoms with Gasteiger partial charge in [-0.1, -0.05) is 23.7 Å². The Labute approximate surface area is 120 Å². The Morgan fingerprint density at radius 3 is 2.90 bits per heavy atom. The molecule has 1 aliphatic rings. The minimum absolute atomic E-state index is 0.0213. The van der Waals surface area contributed by atoms with E-state index in [2.05, 4.69) is 5.32 Å². The highest BCUT2D eigenvalue weighted by Gasteiger charge is 2.37. The zero-order valence-corrected chi connectivity index (χ0v) is 11.0. The first-order valence-corrected chi connectivity index (χ1v) is 6.23. The number of aromatic carboxylic acids is 1. The lowest BCUT2D eigenvalue weighted by Gasteiger charge is -2.28. The molecule has 8 heteroatoms. The van der Waals surface area contributed by atoms with Crippen molar-refractivity contribution in [2.45, 2.75) is 12.4 Å². The van der Waals surface area contributed by atoms with Gasteiger partial charge in [0, 0.05) is 11.6 Å². The first kappa shape index (κ1) is 14.4. The topological polar surface area (TPSA) is 95.9 Å². The summed E-state index contributed by atoms with van der Waals surface area (Å²) >= 11 is 5.29. The third-order valence-electron chi connectivity index (χ3n) is 2.89. The van der Waals surface area contributed by atoms with Crippen LogP contribution in [0.15, 0.2) is 29.8 Å². The van der Waals surface area contributed by atoms with Crippen molar-refractivity contribution in [3.05, 3.63) is 40.9 Å². The highest BCUT2D eigenvalue weighted by molar-refractivity contribution is 6.47. The van der Waals surface area contributed by atoms with Crippen molar-refractivity contribution in [3.8, 4) is 5.75 Å². The lowest BCUT2D eigenvalue weighted by molar-refractivity contribution is -0.116. The Morgan fingerprint density at radius 2 is 2.25 bits per heavy atom. The van der Waals surface area contributed by atoms with E-state index in [9.17, 15) is 14.6 Å². The van der Waals surface area contributed by atoms with Crippen LogP contribution < -0.4 is 9.97 Å². The average molecular weight is 295 g/mol. The quantitative estimate of drug-likeness (QED) is 0.560. The number of carbonyl (C=O) groups is 2. The molecule has 0 saturated carbocycles. The van der Waals surface area contributed by atoms with Crippen molar-refractivity contribution in [2.75, 3.05) is 0 Å². The second-order valence-corrected chi connectivity index (χ2v) is 4.47. The van der Waals surface area contributed by atoms with Gasteiger partial charge in [-0.15, -0.1) is 0 Å². The number of carboxylic acid groups (broad SMARTS) is 1. The van der Waals surface area contributed by atoms with Crippen molar-refractivity contribution in [1.82, 2.24) is 5.32 Å². The SMILES string of the molecule is O=C(/C=C/Cl)N[C@H]1Cc2cccc(C(=O)O)c2OB1O. The van der Waals surface area contributed by atoms with E-state index in [0.29, 0.717) is 5.56 Å². The number of halogens is 1. The fraction of sp³-hybridized carbons (Fsp3) is 0.167. The van der Waals surface area contributed by atoms with E-state index in [1.165, 1.54) is 6.07 Å². The van der Waals surface area contributed by atoms with Crippen molar-refractivity contribution in [1.29, 1.82) is 0 Å². The van der Waals surface area contributed by atoms with Crippen LogP contribution in [0.1, 0.15) is 15.9 Å². The van der Waals surface area contributed by atoms with Crippen LogP contribution >= 0.6 is 11.6 Å². The van der Waals surface area contributed by atoms with Crippen molar-refractivity contribution >= 4 is 30.6 Å². The summed E-state index contributed by atoms with van der Waals surface area (Å²) in [6.45, 7) is 0. The highest BCUT2D eigenvalue weighted by atomic mass is 35.5. The molecule has 6 nitrogen and oxygen atoms in total. The number of hydrogen-bond acceptors (Lipinski definition) is 4. The Bertz CT molecular complexity index is 577. The molecule has 1 heterocycles. The molecule has 1 aromatic rings. The predicted octanol–water partition coefficient (Wildman–Crippen LogP) is 0.577. The van der Waals surface area contributed by atoms with E-state index < -0.39 is 24.9 Å². The van der Waals surface area contributed by atoms with E-state index in [1.807, 2.05) is 0 Å². The molecule has 0 spiro atoms. The van der Waals surface area contributed by atoms with Gasteiger partial charge in [-0.25, -0.2) is 4.79 Å². The predicted molar refractivity (Wildman–Crippen MR) is 72.6 cm³/mol. The maximum absolute atomic E-state index is 11.4. The zero-order valence-electron chi connectivity index (χ0n) is 10.2. The zero-order chi connectivity index (χ0) is 14.7. The lowest BCUT2D eigenvalue weighted by Crippen LogP contribution is -2.52. The van der Waals surface area contributed by atoms with Gasteiger partial charge in [-0.05, 0) is 18.1 Å². The van der Waals surface area contributed by atoms with Crippen LogP contribution in [0.3, 0.4) is 0 Å². The standard InChI is InChI=1S/C12H11BClNO5/c14-5-4-10(16)15-9-6-7-2-1-3-8(12(17)18)11(7)20-13(9)19/h1-5,9,19H,6H2,(H,15,16)(H,17,18)/b5-4+/t9-/m0/s1. The molecule has 0 saturated heterocycles. The fourth-order valence-corrected chi connectivity index (χ4v) is 2.12.